The largest absolute Gasteiger partial charge is 0.379 e. The molecule has 1 aromatic carbocycles. The van der Waals surface area contributed by atoms with E-state index in [0.29, 0.717) is 6.54 Å². The Labute approximate surface area is 158 Å². The van der Waals surface area contributed by atoms with E-state index < -0.39 is 0 Å². The highest BCUT2D eigenvalue weighted by molar-refractivity contribution is 7.18. The number of nitrogens with zero attached hydrogens (tertiary/aromatic N) is 3. The van der Waals surface area contributed by atoms with Gasteiger partial charge in [0.15, 0.2) is 4.96 Å². The van der Waals surface area contributed by atoms with Crippen molar-refractivity contribution in [2.24, 2.45) is 0 Å². The minimum atomic E-state index is 0.0414. The Bertz CT molecular complexity index is 1190. The Morgan fingerprint density at radius 3 is 2.96 bits per heavy atom. The Balaban J connectivity index is 1.44. The van der Waals surface area contributed by atoms with Gasteiger partial charge in [0.05, 0.1) is 27.5 Å². The van der Waals surface area contributed by atoms with Gasteiger partial charge in [0.1, 0.15) is 0 Å². The summed E-state index contributed by atoms with van der Waals surface area (Å²) in [5, 5.41) is 4.46. The van der Waals surface area contributed by atoms with E-state index in [4.69, 9.17) is 4.98 Å². The van der Waals surface area contributed by atoms with Crippen molar-refractivity contribution < 1.29 is 0 Å². The second-order valence-electron chi connectivity index (χ2n) is 6.65. The Kier molecular flexibility index (Phi) is 3.79. The van der Waals surface area contributed by atoms with Crippen molar-refractivity contribution >= 4 is 43.5 Å². The van der Waals surface area contributed by atoms with E-state index in [1.54, 1.807) is 28.7 Å². The van der Waals surface area contributed by atoms with Crippen LogP contribution in [0.2, 0.25) is 0 Å². The van der Waals surface area contributed by atoms with E-state index in [1.165, 1.54) is 21.7 Å². The molecule has 1 aliphatic rings. The van der Waals surface area contributed by atoms with Crippen LogP contribution in [0.3, 0.4) is 0 Å². The second kappa shape index (κ2) is 6.17. The number of aromatic nitrogens is 3. The van der Waals surface area contributed by atoms with Crippen LogP contribution in [0.4, 0.5) is 5.69 Å². The van der Waals surface area contributed by atoms with Gasteiger partial charge in [-0.2, -0.15) is 0 Å². The summed E-state index contributed by atoms with van der Waals surface area (Å²) in [6.07, 6.45) is 4.43. The van der Waals surface area contributed by atoms with Gasteiger partial charge < -0.3 is 5.32 Å². The third-order valence-electron chi connectivity index (χ3n) is 4.78. The fraction of sp³-hybridized carbons (Fsp3) is 0.316. The number of hydrogen-bond donors (Lipinski definition) is 1. The standard InChI is InChI=1S/C19H18N4OS2/c1-11-21-14-7-6-12(8-17(14)25-11)20-10-13-9-18(24)23-15-4-2-3-5-16(15)26-19(23)22-13/h6-9,20H,2-5,10H2,1H3. The van der Waals surface area contributed by atoms with Crippen molar-refractivity contribution in [1.29, 1.82) is 0 Å². The molecule has 1 N–H and O–H groups in total. The molecule has 0 spiro atoms. The number of nitrogens with one attached hydrogen (secondary N) is 1. The van der Waals surface area contributed by atoms with Gasteiger partial charge in [0.25, 0.3) is 5.56 Å². The van der Waals surface area contributed by atoms with Gasteiger partial charge in [-0.15, -0.1) is 22.7 Å². The van der Waals surface area contributed by atoms with Crippen LogP contribution in [0.1, 0.15) is 34.1 Å². The Morgan fingerprint density at radius 1 is 1.15 bits per heavy atom. The topological polar surface area (TPSA) is 59.3 Å². The highest BCUT2D eigenvalue weighted by Crippen LogP contribution is 2.28. The van der Waals surface area contributed by atoms with Crippen molar-refractivity contribution in [1.82, 2.24) is 14.4 Å². The molecule has 5 nitrogen and oxygen atoms in total. The van der Waals surface area contributed by atoms with E-state index >= 15 is 0 Å². The molecule has 3 heterocycles. The minimum Gasteiger partial charge on any atom is -0.379 e. The molecule has 0 saturated heterocycles. The lowest BCUT2D eigenvalue weighted by molar-refractivity contribution is 0.670. The third kappa shape index (κ3) is 2.71. The molecule has 0 radical (unpaired) electrons. The number of thiazole rings is 2. The lowest BCUT2D eigenvalue weighted by Gasteiger charge is -2.10. The SMILES string of the molecule is Cc1nc2ccc(NCc3cc(=O)n4c5c(sc4n3)CCCC5)cc2s1. The van der Waals surface area contributed by atoms with Gasteiger partial charge in [-0.1, -0.05) is 0 Å². The molecule has 0 amide bonds. The van der Waals surface area contributed by atoms with E-state index in [2.05, 4.69) is 16.4 Å². The first-order valence-corrected chi connectivity index (χ1v) is 10.4. The van der Waals surface area contributed by atoms with Crippen molar-refractivity contribution in [3.05, 3.63) is 55.9 Å². The Hall–Kier alpha value is -2.25. The van der Waals surface area contributed by atoms with Crippen LogP contribution in [0.15, 0.2) is 29.1 Å². The molecule has 1 aliphatic carbocycles. The third-order valence-corrected chi connectivity index (χ3v) is 6.86. The molecule has 7 heteroatoms. The van der Waals surface area contributed by atoms with Crippen molar-refractivity contribution in [3.8, 4) is 0 Å². The number of anilines is 1. The van der Waals surface area contributed by atoms with Gasteiger partial charge in [0.2, 0.25) is 0 Å². The van der Waals surface area contributed by atoms with Crippen LogP contribution in [0.25, 0.3) is 15.2 Å². The van der Waals surface area contributed by atoms with Crippen molar-refractivity contribution in [3.63, 3.8) is 0 Å². The molecular formula is C19H18N4OS2. The normalized spacial score (nSPS) is 14.0. The zero-order valence-corrected chi connectivity index (χ0v) is 16.0. The molecule has 4 aromatic rings. The van der Waals surface area contributed by atoms with E-state index in [1.807, 2.05) is 23.5 Å². The fourth-order valence-electron chi connectivity index (χ4n) is 3.57. The lowest BCUT2D eigenvalue weighted by atomic mass is 10.0. The first-order chi connectivity index (χ1) is 12.7. The van der Waals surface area contributed by atoms with Gasteiger partial charge in [-0.25, -0.2) is 9.97 Å². The molecule has 0 fully saturated rings. The van der Waals surface area contributed by atoms with Crippen LogP contribution in [-0.4, -0.2) is 14.4 Å². The molecule has 132 valence electrons. The van der Waals surface area contributed by atoms with E-state index in [9.17, 15) is 4.79 Å². The zero-order valence-electron chi connectivity index (χ0n) is 14.4. The number of rotatable bonds is 3. The smallest absolute Gasteiger partial charge is 0.259 e. The Morgan fingerprint density at radius 2 is 2.04 bits per heavy atom. The highest BCUT2D eigenvalue weighted by Gasteiger charge is 2.18. The van der Waals surface area contributed by atoms with Crippen LogP contribution < -0.4 is 10.9 Å². The zero-order chi connectivity index (χ0) is 17.7. The summed E-state index contributed by atoms with van der Waals surface area (Å²) in [6, 6.07) is 7.82. The average molecular weight is 383 g/mol. The van der Waals surface area contributed by atoms with E-state index in [-0.39, 0.29) is 5.56 Å². The molecule has 0 unspecified atom stereocenters. The summed E-state index contributed by atoms with van der Waals surface area (Å²) >= 11 is 3.36. The molecule has 0 aliphatic heterocycles. The quantitative estimate of drug-likeness (QED) is 0.578. The molecule has 0 bridgehead atoms. The highest BCUT2D eigenvalue weighted by atomic mass is 32.1. The van der Waals surface area contributed by atoms with Gasteiger partial charge in [0, 0.05) is 22.3 Å². The number of fused-ring (bicyclic) bond motifs is 4. The fourth-order valence-corrected chi connectivity index (χ4v) is 5.67. The van der Waals surface area contributed by atoms with Crippen molar-refractivity contribution in [2.75, 3.05) is 5.32 Å². The summed E-state index contributed by atoms with van der Waals surface area (Å²) in [5.74, 6) is 0. The molecular weight excluding hydrogens is 364 g/mol. The summed E-state index contributed by atoms with van der Waals surface area (Å²) in [5.41, 5.74) is 4.06. The maximum atomic E-state index is 12.6. The first kappa shape index (κ1) is 16.0. The van der Waals surface area contributed by atoms with Crippen LogP contribution >= 0.6 is 22.7 Å². The number of aryl methyl sites for hydroxylation is 3. The predicted molar refractivity (Wildman–Crippen MR) is 108 cm³/mol. The minimum absolute atomic E-state index is 0.0414. The van der Waals surface area contributed by atoms with Crippen LogP contribution in [-0.2, 0) is 19.4 Å². The summed E-state index contributed by atoms with van der Waals surface area (Å²) in [4.78, 5) is 24.0. The number of hydrogen-bond acceptors (Lipinski definition) is 6. The molecule has 0 atom stereocenters. The number of benzene rings is 1. The monoisotopic (exact) mass is 382 g/mol. The maximum Gasteiger partial charge on any atom is 0.259 e. The molecule has 5 rings (SSSR count). The molecule has 26 heavy (non-hydrogen) atoms. The first-order valence-electron chi connectivity index (χ1n) is 8.82. The van der Waals surface area contributed by atoms with Gasteiger partial charge in [-0.05, 0) is 50.8 Å². The second-order valence-corrected chi connectivity index (χ2v) is 8.95. The summed E-state index contributed by atoms with van der Waals surface area (Å²) in [6.45, 7) is 2.56. The molecule has 3 aromatic heterocycles. The lowest BCUT2D eigenvalue weighted by Crippen LogP contribution is -2.18. The summed E-state index contributed by atoms with van der Waals surface area (Å²) in [7, 11) is 0. The van der Waals surface area contributed by atoms with Crippen molar-refractivity contribution in [2.45, 2.75) is 39.2 Å². The van der Waals surface area contributed by atoms with Crippen LogP contribution in [0.5, 0.6) is 0 Å². The van der Waals surface area contributed by atoms with Gasteiger partial charge in [-0.3, -0.25) is 9.20 Å². The van der Waals surface area contributed by atoms with E-state index in [0.717, 1.165) is 46.1 Å². The summed E-state index contributed by atoms with van der Waals surface area (Å²) < 4.78 is 2.98. The predicted octanol–water partition coefficient (Wildman–Crippen LogP) is 4.17. The maximum absolute atomic E-state index is 12.6. The average Bonchev–Trinajstić information content (AvgIpc) is 3.18. The van der Waals surface area contributed by atoms with Crippen LogP contribution in [0, 0.1) is 6.92 Å². The van der Waals surface area contributed by atoms with Gasteiger partial charge >= 0.3 is 0 Å². The molecule has 0 saturated carbocycles.